The van der Waals surface area contributed by atoms with E-state index in [1.54, 1.807) is 19.1 Å². The number of aryl methyl sites for hydroxylation is 2. The van der Waals surface area contributed by atoms with Crippen molar-refractivity contribution in [2.24, 2.45) is 0 Å². The number of hydrogen-bond acceptors (Lipinski definition) is 6. The first-order valence-electron chi connectivity index (χ1n) is 12.9. The van der Waals surface area contributed by atoms with Crippen molar-refractivity contribution in [3.63, 3.8) is 0 Å². The average Bonchev–Trinajstić information content (AvgIpc) is 2.85. The van der Waals surface area contributed by atoms with Gasteiger partial charge >= 0.3 is 0 Å². The van der Waals surface area contributed by atoms with Gasteiger partial charge in [0.1, 0.15) is 5.60 Å². The zero-order valence-corrected chi connectivity index (χ0v) is 21.8. The minimum Gasteiger partial charge on any atom is -0.382 e. The van der Waals surface area contributed by atoms with Crippen molar-refractivity contribution in [2.45, 2.75) is 71.1 Å². The number of piperazine rings is 1. The third-order valence-corrected chi connectivity index (χ3v) is 7.38. The Labute approximate surface area is 213 Å². The van der Waals surface area contributed by atoms with Crippen molar-refractivity contribution < 1.29 is 14.5 Å². The van der Waals surface area contributed by atoms with E-state index in [2.05, 4.69) is 41.4 Å². The van der Waals surface area contributed by atoms with Crippen LogP contribution in [0.5, 0.6) is 0 Å². The second-order valence-corrected chi connectivity index (χ2v) is 10.6. The van der Waals surface area contributed by atoms with Crippen LogP contribution in [-0.4, -0.2) is 59.7 Å². The van der Waals surface area contributed by atoms with Crippen molar-refractivity contribution >= 4 is 23.0 Å². The number of carbonyl (C=O) groups is 1. The van der Waals surface area contributed by atoms with Crippen LogP contribution in [0, 0.1) is 24.0 Å². The van der Waals surface area contributed by atoms with E-state index in [0.717, 1.165) is 44.5 Å². The summed E-state index contributed by atoms with van der Waals surface area (Å²) >= 11 is 0. The van der Waals surface area contributed by atoms with Gasteiger partial charge in [-0.2, -0.15) is 0 Å². The van der Waals surface area contributed by atoms with E-state index >= 15 is 0 Å². The molecule has 0 unspecified atom stereocenters. The van der Waals surface area contributed by atoms with Crippen LogP contribution < -0.4 is 10.2 Å². The third kappa shape index (κ3) is 6.16. The number of amides is 1. The Balaban J connectivity index is 1.24. The van der Waals surface area contributed by atoms with E-state index in [9.17, 15) is 14.9 Å². The molecule has 4 rings (SSSR count). The van der Waals surface area contributed by atoms with Gasteiger partial charge in [-0.1, -0.05) is 17.7 Å². The number of anilines is 2. The zero-order chi connectivity index (χ0) is 25.9. The van der Waals surface area contributed by atoms with Gasteiger partial charge < -0.3 is 19.9 Å². The van der Waals surface area contributed by atoms with Crippen LogP contribution in [0.1, 0.15) is 50.7 Å². The third-order valence-electron chi connectivity index (χ3n) is 7.38. The van der Waals surface area contributed by atoms with Gasteiger partial charge in [-0.25, -0.2) is 0 Å². The number of nitrogens with one attached hydrogen (secondary N) is 1. The molecule has 1 N–H and O–H groups in total. The minimum atomic E-state index is -0.855. The molecule has 1 aliphatic carbocycles. The van der Waals surface area contributed by atoms with Gasteiger partial charge in [-0.05, 0) is 77.6 Å². The van der Waals surface area contributed by atoms with Gasteiger partial charge in [-0.15, -0.1) is 0 Å². The molecule has 2 aromatic rings. The maximum Gasteiger partial charge on any atom is 0.272 e. The molecule has 2 aliphatic rings. The highest BCUT2D eigenvalue weighted by atomic mass is 16.6. The number of nitro benzene ring substituents is 1. The monoisotopic (exact) mass is 494 g/mol. The highest BCUT2D eigenvalue weighted by Gasteiger charge is 2.37. The Morgan fingerprint density at radius 3 is 2.22 bits per heavy atom. The molecule has 1 heterocycles. The van der Waals surface area contributed by atoms with E-state index in [0.29, 0.717) is 24.7 Å². The van der Waals surface area contributed by atoms with Gasteiger partial charge in [0.15, 0.2) is 0 Å². The van der Waals surface area contributed by atoms with Gasteiger partial charge in [0.05, 0.1) is 11.0 Å². The molecular formula is C28H38N4O4. The van der Waals surface area contributed by atoms with Gasteiger partial charge in [0, 0.05) is 55.2 Å². The van der Waals surface area contributed by atoms with Crippen molar-refractivity contribution in [3.8, 4) is 0 Å². The molecule has 1 aliphatic heterocycles. The Morgan fingerprint density at radius 1 is 1.00 bits per heavy atom. The SMILES string of the molecule is Cc1ccc(N2CCN(C(=O)C(C)(C)OC3CCC(Nc4ccc([N+](=O)[O-])c(C)c4)CC3)CC2)cc1. The number of carbonyl (C=O) groups excluding carboxylic acids is 1. The van der Waals surface area contributed by atoms with Crippen LogP contribution in [0.15, 0.2) is 42.5 Å². The lowest BCUT2D eigenvalue weighted by molar-refractivity contribution is -0.385. The fourth-order valence-electron chi connectivity index (χ4n) is 5.28. The Bertz CT molecular complexity index is 1070. The molecule has 0 bridgehead atoms. The van der Waals surface area contributed by atoms with Crippen molar-refractivity contribution in [2.75, 3.05) is 36.4 Å². The molecule has 2 aromatic carbocycles. The summed E-state index contributed by atoms with van der Waals surface area (Å²) in [5.41, 5.74) is 3.30. The van der Waals surface area contributed by atoms with E-state index in [1.165, 1.54) is 11.3 Å². The van der Waals surface area contributed by atoms with Crippen LogP contribution in [0.2, 0.25) is 0 Å². The molecule has 8 heteroatoms. The van der Waals surface area contributed by atoms with Gasteiger partial charge in [0.2, 0.25) is 0 Å². The summed E-state index contributed by atoms with van der Waals surface area (Å²) in [5, 5.41) is 14.6. The molecule has 0 radical (unpaired) electrons. The maximum absolute atomic E-state index is 13.3. The molecule has 0 aromatic heterocycles. The van der Waals surface area contributed by atoms with Crippen molar-refractivity contribution in [1.29, 1.82) is 0 Å². The molecule has 1 amide bonds. The summed E-state index contributed by atoms with van der Waals surface area (Å²) in [6, 6.07) is 14.0. The molecule has 1 saturated heterocycles. The van der Waals surface area contributed by atoms with E-state index < -0.39 is 5.60 Å². The number of hydrogen-bond donors (Lipinski definition) is 1. The summed E-state index contributed by atoms with van der Waals surface area (Å²) in [6.07, 6.45) is 3.66. The fraction of sp³-hybridized carbons (Fsp3) is 0.536. The molecule has 2 fully saturated rings. The standard InChI is InChI=1S/C28H38N4O4/c1-20-5-10-24(11-6-20)30-15-17-31(18-16-30)27(33)28(3,4)36-25-12-7-22(8-13-25)29-23-9-14-26(32(34)35)21(2)19-23/h5-6,9-11,14,19,22,25,29H,7-8,12-13,15-18H2,1-4H3. The van der Waals surface area contributed by atoms with Gasteiger partial charge in [0.25, 0.3) is 11.6 Å². The first-order chi connectivity index (χ1) is 17.1. The first-order valence-corrected chi connectivity index (χ1v) is 12.9. The predicted octanol–water partition coefficient (Wildman–Crippen LogP) is 5.08. The maximum atomic E-state index is 13.3. The van der Waals surface area contributed by atoms with Crippen LogP contribution in [0.3, 0.4) is 0 Å². The quantitative estimate of drug-likeness (QED) is 0.427. The summed E-state index contributed by atoms with van der Waals surface area (Å²) in [7, 11) is 0. The second kappa shape index (κ2) is 10.9. The Hall–Kier alpha value is -3.13. The fourth-order valence-corrected chi connectivity index (χ4v) is 5.28. The predicted molar refractivity (Wildman–Crippen MR) is 143 cm³/mol. The highest BCUT2D eigenvalue weighted by Crippen LogP contribution is 2.30. The summed E-state index contributed by atoms with van der Waals surface area (Å²) < 4.78 is 6.37. The lowest BCUT2D eigenvalue weighted by atomic mass is 9.92. The summed E-state index contributed by atoms with van der Waals surface area (Å²) in [5.74, 6) is 0.0626. The average molecular weight is 495 g/mol. The van der Waals surface area contributed by atoms with Crippen LogP contribution in [-0.2, 0) is 9.53 Å². The van der Waals surface area contributed by atoms with Crippen LogP contribution >= 0.6 is 0 Å². The normalized spacial score (nSPS) is 20.8. The summed E-state index contributed by atoms with van der Waals surface area (Å²) in [4.78, 5) is 28.3. The lowest BCUT2D eigenvalue weighted by Crippen LogP contribution is -2.55. The number of nitro groups is 1. The molecule has 194 valence electrons. The molecular weight excluding hydrogens is 456 g/mol. The number of nitrogens with zero attached hydrogens (tertiary/aromatic N) is 3. The molecule has 36 heavy (non-hydrogen) atoms. The second-order valence-electron chi connectivity index (χ2n) is 10.6. The summed E-state index contributed by atoms with van der Waals surface area (Å²) in [6.45, 7) is 10.7. The minimum absolute atomic E-state index is 0.0504. The number of benzene rings is 2. The number of ether oxygens (including phenoxy) is 1. The zero-order valence-electron chi connectivity index (χ0n) is 21.8. The Morgan fingerprint density at radius 2 is 1.64 bits per heavy atom. The molecule has 0 spiro atoms. The molecule has 8 nitrogen and oxygen atoms in total. The molecule has 0 atom stereocenters. The molecule has 1 saturated carbocycles. The van der Waals surface area contributed by atoms with Crippen LogP contribution in [0.4, 0.5) is 17.1 Å². The first kappa shape index (κ1) is 25.9. The van der Waals surface area contributed by atoms with E-state index in [-0.39, 0.29) is 22.6 Å². The van der Waals surface area contributed by atoms with Crippen LogP contribution in [0.25, 0.3) is 0 Å². The largest absolute Gasteiger partial charge is 0.382 e. The van der Waals surface area contributed by atoms with Crippen molar-refractivity contribution in [1.82, 2.24) is 4.90 Å². The van der Waals surface area contributed by atoms with Crippen molar-refractivity contribution in [3.05, 3.63) is 63.7 Å². The van der Waals surface area contributed by atoms with E-state index in [1.807, 2.05) is 24.8 Å². The van der Waals surface area contributed by atoms with E-state index in [4.69, 9.17) is 4.74 Å². The smallest absolute Gasteiger partial charge is 0.272 e. The lowest BCUT2D eigenvalue weighted by Gasteiger charge is -2.41. The Kier molecular flexibility index (Phi) is 7.83. The van der Waals surface area contributed by atoms with Gasteiger partial charge in [-0.3, -0.25) is 14.9 Å². The number of rotatable bonds is 7. The topological polar surface area (TPSA) is 88.0 Å². The highest BCUT2D eigenvalue weighted by molar-refractivity contribution is 5.84.